The van der Waals surface area contributed by atoms with Gasteiger partial charge in [-0.15, -0.1) is 0 Å². The molecule has 0 spiro atoms. The smallest absolute Gasteiger partial charge is 0.0117 e. The van der Waals surface area contributed by atoms with Crippen molar-refractivity contribution in [2.75, 3.05) is 46.3 Å². The van der Waals surface area contributed by atoms with E-state index in [2.05, 4.69) is 29.1 Å². The highest BCUT2D eigenvalue weighted by Gasteiger charge is 2.19. The summed E-state index contributed by atoms with van der Waals surface area (Å²) in [7, 11) is 2.31. The Hall–Kier alpha value is -0.120. The van der Waals surface area contributed by atoms with E-state index in [0.717, 1.165) is 12.0 Å². The topological polar surface area (TPSA) is 18.5 Å². The predicted octanol–water partition coefficient (Wildman–Crippen LogP) is 1.40. The molecule has 2 saturated heterocycles. The fraction of sp³-hybridized carbons (Fsp3) is 1.00. The van der Waals surface area contributed by atoms with Crippen molar-refractivity contribution in [3.05, 3.63) is 0 Å². The van der Waals surface area contributed by atoms with Crippen LogP contribution in [0, 0.1) is 5.92 Å². The Kier molecular flexibility index (Phi) is 5.26. The van der Waals surface area contributed by atoms with Crippen molar-refractivity contribution in [3.8, 4) is 0 Å². The van der Waals surface area contributed by atoms with Crippen molar-refractivity contribution in [1.82, 2.24) is 15.1 Å². The van der Waals surface area contributed by atoms with E-state index < -0.39 is 0 Å². The van der Waals surface area contributed by atoms with Crippen LogP contribution in [0.25, 0.3) is 0 Å². The molecule has 0 bridgehead atoms. The van der Waals surface area contributed by atoms with Gasteiger partial charge in [-0.2, -0.15) is 0 Å². The van der Waals surface area contributed by atoms with Crippen LogP contribution in [0.4, 0.5) is 0 Å². The lowest BCUT2D eigenvalue weighted by atomic mass is 9.99. The first-order valence-electron chi connectivity index (χ1n) is 7.39. The fourth-order valence-electron chi connectivity index (χ4n) is 3.01. The highest BCUT2D eigenvalue weighted by atomic mass is 15.2. The molecule has 0 unspecified atom stereocenters. The second-order valence-electron chi connectivity index (χ2n) is 5.99. The van der Waals surface area contributed by atoms with E-state index in [1.54, 1.807) is 0 Å². The van der Waals surface area contributed by atoms with E-state index in [4.69, 9.17) is 0 Å². The monoisotopic (exact) mass is 239 g/mol. The minimum atomic E-state index is 0.819. The normalized spacial score (nSPS) is 25.6. The van der Waals surface area contributed by atoms with E-state index in [1.807, 2.05) is 0 Å². The highest BCUT2D eigenvalue weighted by molar-refractivity contribution is 4.77. The molecule has 0 aliphatic carbocycles. The quantitative estimate of drug-likeness (QED) is 0.800. The Balaban J connectivity index is 1.63. The van der Waals surface area contributed by atoms with Crippen LogP contribution in [0.2, 0.25) is 0 Å². The van der Waals surface area contributed by atoms with Gasteiger partial charge in [-0.05, 0) is 64.8 Å². The molecule has 3 nitrogen and oxygen atoms in total. The van der Waals surface area contributed by atoms with Crippen molar-refractivity contribution in [3.63, 3.8) is 0 Å². The summed E-state index contributed by atoms with van der Waals surface area (Å²) in [5.41, 5.74) is 0. The van der Waals surface area contributed by atoms with Crippen LogP contribution in [-0.2, 0) is 0 Å². The molecule has 100 valence electrons. The zero-order valence-electron chi connectivity index (χ0n) is 11.6. The molecular formula is C14H29N3. The van der Waals surface area contributed by atoms with Crippen molar-refractivity contribution >= 4 is 0 Å². The largest absolute Gasteiger partial charge is 0.317 e. The fourth-order valence-corrected chi connectivity index (χ4v) is 3.01. The first-order valence-corrected chi connectivity index (χ1v) is 7.39. The Morgan fingerprint density at radius 2 is 1.76 bits per heavy atom. The van der Waals surface area contributed by atoms with Crippen LogP contribution in [0.3, 0.4) is 0 Å². The summed E-state index contributed by atoms with van der Waals surface area (Å²) in [6.45, 7) is 9.96. The highest BCUT2D eigenvalue weighted by Crippen LogP contribution is 2.16. The summed E-state index contributed by atoms with van der Waals surface area (Å²) in [5, 5.41) is 3.44. The molecular weight excluding hydrogens is 210 g/mol. The Labute approximate surface area is 107 Å². The van der Waals surface area contributed by atoms with Gasteiger partial charge in [0.25, 0.3) is 0 Å². The molecule has 1 N–H and O–H groups in total. The van der Waals surface area contributed by atoms with Crippen LogP contribution >= 0.6 is 0 Å². The van der Waals surface area contributed by atoms with Crippen LogP contribution in [-0.4, -0.2) is 62.2 Å². The number of hydrogen-bond acceptors (Lipinski definition) is 3. The molecule has 0 atom stereocenters. The van der Waals surface area contributed by atoms with Crippen molar-refractivity contribution in [1.29, 1.82) is 0 Å². The number of rotatable bonds is 4. The Morgan fingerprint density at radius 3 is 2.41 bits per heavy atom. The third-order valence-corrected chi connectivity index (χ3v) is 4.58. The summed E-state index contributed by atoms with van der Waals surface area (Å²) in [6.07, 6.45) is 5.45. The number of likely N-dealkylation sites (N-methyl/N-ethyl adjacent to an activating group) is 1. The molecule has 0 aromatic rings. The summed E-state index contributed by atoms with van der Waals surface area (Å²) >= 11 is 0. The van der Waals surface area contributed by atoms with Gasteiger partial charge < -0.3 is 15.1 Å². The molecule has 2 heterocycles. The summed E-state index contributed by atoms with van der Waals surface area (Å²) < 4.78 is 0. The van der Waals surface area contributed by atoms with E-state index >= 15 is 0 Å². The third-order valence-electron chi connectivity index (χ3n) is 4.58. The van der Waals surface area contributed by atoms with E-state index in [9.17, 15) is 0 Å². The lowest BCUT2D eigenvalue weighted by Gasteiger charge is -2.35. The van der Waals surface area contributed by atoms with E-state index in [1.165, 1.54) is 65.0 Å². The lowest BCUT2D eigenvalue weighted by molar-refractivity contribution is 0.141. The van der Waals surface area contributed by atoms with Gasteiger partial charge in [0.05, 0.1) is 0 Å². The number of piperidine rings is 2. The summed E-state index contributed by atoms with van der Waals surface area (Å²) in [6, 6.07) is 0.819. The summed E-state index contributed by atoms with van der Waals surface area (Å²) in [5.74, 6) is 0.952. The van der Waals surface area contributed by atoms with Gasteiger partial charge in [-0.25, -0.2) is 0 Å². The number of likely N-dealkylation sites (tertiary alicyclic amines) is 1. The van der Waals surface area contributed by atoms with E-state index in [-0.39, 0.29) is 0 Å². The van der Waals surface area contributed by atoms with Crippen LogP contribution in [0.1, 0.15) is 32.6 Å². The maximum absolute atomic E-state index is 3.44. The standard InChI is InChI=1S/C14H29N3/c1-13-5-9-17(10-6-13)12-11-16(2)14-3-7-15-8-4-14/h13-15H,3-12H2,1-2H3. The molecule has 2 fully saturated rings. The third kappa shape index (κ3) is 4.23. The number of hydrogen-bond donors (Lipinski definition) is 1. The summed E-state index contributed by atoms with van der Waals surface area (Å²) in [4.78, 5) is 5.23. The first-order chi connectivity index (χ1) is 8.25. The van der Waals surface area contributed by atoms with Crippen molar-refractivity contribution in [2.45, 2.75) is 38.6 Å². The molecule has 0 saturated carbocycles. The van der Waals surface area contributed by atoms with Gasteiger partial charge in [0.1, 0.15) is 0 Å². The minimum Gasteiger partial charge on any atom is -0.317 e. The van der Waals surface area contributed by atoms with Crippen LogP contribution in [0.15, 0.2) is 0 Å². The molecule has 0 amide bonds. The molecule has 17 heavy (non-hydrogen) atoms. The van der Waals surface area contributed by atoms with Gasteiger partial charge in [-0.1, -0.05) is 6.92 Å². The lowest BCUT2D eigenvalue weighted by Crippen LogP contribution is -2.45. The average Bonchev–Trinajstić information content (AvgIpc) is 2.39. The van der Waals surface area contributed by atoms with Crippen LogP contribution in [0.5, 0.6) is 0 Å². The maximum atomic E-state index is 3.44. The van der Waals surface area contributed by atoms with Gasteiger partial charge >= 0.3 is 0 Å². The molecule has 0 aromatic carbocycles. The molecule has 2 aliphatic rings. The first kappa shape index (κ1) is 13.3. The number of nitrogens with one attached hydrogen (secondary N) is 1. The van der Waals surface area contributed by atoms with Crippen LogP contribution < -0.4 is 5.32 Å². The average molecular weight is 239 g/mol. The SMILES string of the molecule is CC1CCN(CCN(C)C2CCNCC2)CC1. The number of nitrogens with zero attached hydrogens (tertiary/aromatic N) is 2. The maximum Gasteiger partial charge on any atom is 0.0117 e. The van der Waals surface area contributed by atoms with Crippen molar-refractivity contribution < 1.29 is 0 Å². The Bertz CT molecular complexity index is 206. The molecule has 2 aliphatic heterocycles. The molecule has 0 radical (unpaired) electrons. The zero-order chi connectivity index (χ0) is 12.1. The zero-order valence-corrected chi connectivity index (χ0v) is 11.6. The molecule has 0 aromatic heterocycles. The van der Waals surface area contributed by atoms with Gasteiger partial charge in [-0.3, -0.25) is 0 Å². The van der Waals surface area contributed by atoms with Gasteiger partial charge in [0.2, 0.25) is 0 Å². The molecule has 3 heteroatoms. The van der Waals surface area contributed by atoms with Gasteiger partial charge in [0.15, 0.2) is 0 Å². The van der Waals surface area contributed by atoms with Crippen molar-refractivity contribution in [2.24, 2.45) is 5.92 Å². The van der Waals surface area contributed by atoms with Gasteiger partial charge in [0, 0.05) is 19.1 Å². The predicted molar refractivity (Wildman–Crippen MR) is 73.4 cm³/mol. The Morgan fingerprint density at radius 1 is 1.12 bits per heavy atom. The minimum absolute atomic E-state index is 0.819. The van der Waals surface area contributed by atoms with E-state index in [0.29, 0.717) is 0 Å². The second kappa shape index (κ2) is 6.72. The second-order valence-corrected chi connectivity index (χ2v) is 5.99. The molecule has 2 rings (SSSR count).